The van der Waals surface area contributed by atoms with Crippen LogP contribution in [0.5, 0.6) is 11.5 Å². The van der Waals surface area contributed by atoms with Crippen LogP contribution in [0.3, 0.4) is 0 Å². The average Bonchev–Trinajstić information content (AvgIpc) is 2.90. The predicted molar refractivity (Wildman–Crippen MR) is 144 cm³/mol. The first kappa shape index (κ1) is 23.4. The van der Waals surface area contributed by atoms with Crippen LogP contribution in [0.1, 0.15) is 49.3 Å². The molecule has 1 heterocycles. The first-order valence-electron chi connectivity index (χ1n) is 12.8. The van der Waals surface area contributed by atoms with Gasteiger partial charge in [0.2, 0.25) is 0 Å². The third-order valence-electron chi connectivity index (χ3n) is 7.31. The maximum absolute atomic E-state index is 6.72. The Bertz CT molecular complexity index is 1260. The predicted octanol–water partition coefficient (Wildman–Crippen LogP) is 7.49. The summed E-state index contributed by atoms with van der Waals surface area (Å²) in [4.78, 5) is 2.48. The second-order valence-electron chi connectivity index (χ2n) is 9.77. The SMILES string of the molecule is COc1ccc(C(c2ccccc2OC(C)N2CCCC(C)C2)c2cccc3ccccc23)cc1. The molecule has 4 aromatic rings. The highest BCUT2D eigenvalue weighted by Crippen LogP contribution is 2.41. The summed E-state index contributed by atoms with van der Waals surface area (Å²) in [5, 5.41) is 2.51. The molecule has 0 radical (unpaired) electrons. The second-order valence-corrected chi connectivity index (χ2v) is 9.77. The molecule has 3 heteroatoms. The van der Waals surface area contributed by atoms with Gasteiger partial charge in [-0.2, -0.15) is 0 Å². The van der Waals surface area contributed by atoms with Gasteiger partial charge in [-0.1, -0.05) is 79.7 Å². The minimum Gasteiger partial charge on any atom is -0.497 e. The molecule has 1 aliphatic rings. The van der Waals surface area contributed by atoms with E-state index in [1.165, 1.54) is 40.3 Å². The molecule has 5 rings (SSSR count). The summed E-state index contributed by atoms with van der Waals surface area (Å²) in [6.07, 6.45) is 2.57. The number of ether oxygens (including phenoxy) is 2. The van der Waals surface area contributed by atoms with E-state index in [9.17, 15) is 0 Å². The lowest BCUT2D eigenvalue weighted by molar-refractivity contribution is 0.0116. The van der Waals surface area contributed by atoms with Gasteiger partial charge in [0.1, 0.15) is 17.7 Å². The third kappa shape index (κ3) is 5.06. The normalized spacial score (nSPS) is 18.2. The van der Waals surface area contributed by atoms with E-state index in [0.717, 1.165) is 24.6 Å². The highest BCUT2D eigenvalue weighted by atomic mass is 16.5. The van der Waals surface area contributed by atoms with Crippen LogP contribution >= 0.6 is 0 Å². The summed E-state index contributed by atoms with van der Waals surface area (Å²) >= 11 is 0. The fourth-order valence-electron chi connectivity index (χ4n) is 5.47. The molecule has 0 N–H and O–H groups in total. The van der Waals surface area contributed by atoms with Gasteiger partial charge in [0, 0.05) is 24.6 Å². The summed E-state index contributed by atoms with van der Waals surface area (Å²) in [5.74, 6) is 2.57. The minimum atomic E-state index is 0.0305. The number of para-hydroxylation sites is 1. The minimum absolute atomic E-state index is 0.0305. The largest absolute Gasteiger partial charge is 0.497 e. The van der Waals surface area contributed by atoms with Crippen LogP contribution in [0.4, 0.5) is 0 Å². The number of benzene rings is 4. The van der Waals surface area contributed by atoms with Gasteiger partial charge in [-0.05, 0) is 65.8 Å². The Labute approximate surface area is 209 Å². The molecule has 3 atom stereocenters. The molecule has 0 saturated carbocycles. The highest BCUT2D eigenvalue weighted by molar-refractivity contribution is 5.87. The van der Waals surface area contributed by atoms with Crippen LogP contribution in [0.25, 0.3) is 10.8 Å². The van der Waals surface area contributed by atoms with Gasteiger partial charge in [0.05, 0.1) is 7.11 Å². The van der Waals surface area contributed by atoms with Crippen molar-refractivity contribution in [3.63, 3.8) is 0 Å². The molecule has 4 aromatic carbocycles. The topological polar surface area (TPSA) is 21.7 Å². The van der Waals surface area contributed by atoms with E-state index in [-0.39, 0.29) is 12.1 Å². The van der Waals surface area contributed by atoms with Gasteiger partial charge in [0.15, 0.2) is 0 Å². The van der Waals surface area contributed by atoms with Crippen LogP contribution in [0, 0.1) is 5.92 Å². The monoisotopic (exact) mass is 465 g/mol. The fourth-order valence-corrected chi connectivity index (χ4v) is 5.47. The van der Waals surface area contributed by atoms with E-state index in [2.05, 4.69) is 110 Å². The molecular formula is C32H35NO2. The molecule has 0 aliphatic carbocycles. The van der Waals surface area contributed by atoms with Crippen LogP contribution < -0.4 is 9.47 Å². The molecular weight excluding hydrogens is 430 g/mol. The van der Waals surface area contributed by atoms with Crippen molar-refractivity contribution in [2.24, 2.45) is 5.92 Å². The zero-order valence-corrected chi connectivity index (χ0v) is 21.0. The molecule has 1 saturated heterocycles. The molecule has 0 amide bonds. The molecule has 0 spiro atoms. The second kappa shape index (κ2) is 10.5. The maximum Gasteiger partial charge on any atom is 0.149 e. The Balaban J connectivity index is 1.59. The van der Waals surface area contributed by atoms with Crippen molar-refractivity contribution in [2.45, 2.75) is 38.8 Å². The van der Waals surface area contributed by atoms with E-state index >= 15 is 0 Å². The van der Waals surface area contributed by atoms with E-state index in [1.54, 1.807) is 7.11 Å². The average molecular weight is 466 g/mol. The molecule has 0 aromatic heterocycles. The van der Waals surface area contributed by atoms with Gasteiger partial charge in [0.25, 0.3) is 0 Å². The molecule has 3 nitrogen and oxygen atoms in total. The van der Waals surface area contributed by atoms with Crippen molar-refractivity contribution in [1.82, 2.24) is 4.90 Å². The van der Waals surface area contributed by atoms with Crippen LogP contribution in [-0.4, -0.2) is 31.3 Å². The van der Waals surface area contributed by atoms with E-state index in [0.29, 0.717) is 5.92 Å². The molecule has 1 aliphatic heterocycles. The van der Waals surface area contributed by atoms with Crippen molar-refractivity contribution in [2.75, 3.05) is 20.2 Å². The van der Waals surface area contributed by atoms with E-state index < -0.39 is 0 Å². The van der Waals surface area contributed by atoms with Crippen molar-refractivity contribution >= 4 is 10.8 Å². The van der Waals surface area contributed by atoms with Crippen molar-refractivity contribution < 1.29 is 9.47 Å². The number of piperidine rings is 1. The quantitative estimate of drug-likeness (QED) is 0.264. The van der Waals surface area contributed by atoms with Gasteiger partial charge >= 0.3 is 0 Å². The zero-order chi connectivity index (χ0) is 24.2. The Kier molecular flexibility index (Phi) is 7.06. The Morgan fingerprint density at radius 1 is 0.829 bits per heavy atom. The molecule has 35 heavy (non-hydrogen) atoms. The van der Waals surface area contributed by atoms with E-state index in [4.69, 9.17) is 9.47 Å². The number of fused-ring (bicyclic) bond motifs is 1. The third-order valence-corrected chi connectivity index (χ3v) is 7.31. The lowest BCUT2D eigenvalue weighted by atomic mass is 9.82. The standard InChI is InChI=1S/C32H35NO2/c1-23-10-9-21-33(22-23)24(2)35-31-16-7-6-14-30(31)32(26-17-19-27(34-3)20-18-26)29-15-8-12-25-11-4-5-13-28(25)29/h4-8,11-20,23-24,32H,9-10,21-22H2,1-3H3. The number of hydrogen-bond donors (Lipinski definition) is 0. The van der Waals surface area contributed by atoms with Crippen LogP contribution in [0.15, 0.2) is 91.0 Å². The summed E-state index contributed by atoms with van der Waals surface area (Å²) in [5.41, 5.74) is 3.69. The number of methoxy groups -OCH3 is 1. The maximum atomic E-state index is 6.72. The molecule has 180 valence electrons. The first-order valence-corrected chi connectivity index (χ1v) is 12.8. The summed E-state index contributed by atoms with van der Waals surface area (Å²) in [7, 11) is 1.71. The molecule has 3 unspecified atom stereocenters. The lowest BCUT2D eigenvalue weighted by Gasteiger charge is -2.36. The van der Waals surface area contributed by atoms with Gasteiger partial charge in [-0.25, -0.2) is 0 Å². The Hall–Kier alpha value is -3.30. The van der Waals surface area contributed by atoms with Crippen LogP contribution in [-0.2, 0) is 0 Å². The van der Waals surface area contributed by atoms with Crippen molar-refractivity contribution in [3.8, 4) is 11.5 Å². The smallest absolute Gasteiger partial charge is 0.149 e. The Morgan fingerprint density at radius 3 is 2.34 bits per heavy atom. The highest BCUT2D eigenvalue weighted by Gasteiger charge is 2.26. The van der Waals surface area contributed by atoms with Crippen molar-refractivity contribution in [1.29, 1.82) is 0 Å². The Morgan fingerprint density at radius 2 is 1.54 bits per heavy atom. The molecule has 0 bridgehead atoms. The zero-order valence-electron chi connectivity index (χ0n) is 21.0. The fraction of sp³-hybridized carbons (Fsp3) is 0.312. The van der Waals surface area contributed by atoms with Crippen molar-refractivity contribution in [3.05, 3.63) is 108 Å². The lowest BCUT2D eigenvalue weighted by Crippen LogP contribution is -2.43. The number of nitrogens with zero attached hydrogens (tertiary/aromatic N) is 1. The number of likely N-dealkylation sites (tertiary alicyclic amines) is 1. The van der Waals surface area contributed by atoms with Crippen LogP contribution in [0.2, 0.25) is 0 Å². The first-order chi connectivity index (χ1) is 17.1. The molecule has 1 fully saturated rings. The summed E-state index contributed by atoms with van der Waals surface area (Å²) in [6.45, 7) is 6.72. The van der Waals surface area contributed by atoms with Gasteiger partial charge in [-0.15, -0.1) is 0 Å². The number of hydrogen-bond acceptors (Lipinski definition) is 3. The van der Waals surface area contributed by atoms with Gasteiger partial charge < -0.3 is 9.47 Å². The van der Waals surface area contributed by atoms with E-state index in [1.807, 2.05) is 0 Å². The summed E-state index contributed by atoms with van der Waals surface area (Å²) < 4.78 is 12.2. The summed E-state index contributed by atoms with van der Waals surface area (Å²) in [6, 6.07) is 32.2. The number of rotatable bonds is 7. The van der Waals surface area contributed by atoms with Gasteiger partial charge in [-0.3, -0.25) is 4.90 Å².